The summed E-state index contributed by atoms with van der Waals surface area (Å²) in [5.41, 5.74) is 6.54. The lowest BCUT2D eigenvalue weighted by Gasteiger charge is -2.13. The van der Waals surface area contributed by atoms with Crippen LogP contribution >= 0.6 is 12.2 Å². The molecule has 1 atom stereocenters. The second-order valence-electron chi connectivity index (χ2n) is 3.16. The van der Waals surface area contributed by atoms with Crippen molar-refractivity contribution in [2.75, 3.05) is 0 Å². The molecular formula is C11H16N2O2S. The van der Waals surface area contributed by atoms with Gasteiger partial charge in [-0.1, -0.05) is 30.3 Å². The van der Waals surface area contributed by atoms with E-state index in [4.69, 9.17) is 27.9 Å². The van der Waals surface area contributed by atoms with Gasteiger partial charge in [0.2, 0.25) is 0 Å². The molecule has 0 radical (unpaired) electrons. The minimum absolute atomic E-state index is 0.184. The Bertz CT molecular complexity index is 337. The molecule has 0 fully saturated rings. The molecule has 88 valence electrons. The number of rotatable bonds is 2. The molecule has 16 heavy (non-hydrogen) atoms. The van der Waals surface area contributed by atoms with Gasteiger partial charge in [0.1, 0.15) is 0 Å². The van der Waals surface area contributed by atoms with E-state index < -0.39 is 5.97 Å². The highest BCUT2D eigenvalue weighted by molar-refractivity contribution is 7.80. The molecule has 4 N–H and O–H groups in total. The Kier molecular flexibility index (Phi) is 6.87. The molecule has 4 nitrogen and oxygen atoms in total. The summed E-state index contributed by atoms with van der Waals surface area (Å²) in [7, 11) is 0. The van der Waals surface area contributed by atoms with Crippen LogP contribution in [-0.2, 0) is 4.79 Å². The maximum atomic E-state index is 9.00. The molecule has 0 spiro atoms. The van der Waals surface area contributed by atoms with E-state index in [1.165, 1.54) is 5.56 Å². The van der Waals surface area contributed by atoms with Crippen molar-refractivity contribution in [3.63, 3.8) is 0 Å². The zero-order chi connectivity index (χ0) is 12.6. The number of carboxylic acids is 1. The molecule has 0 aliphatic heterocycles. The van der Waals surface area contributed by atoms with Gasteiger partial charge in [-0.05, 0) is 24.7 Å². The summed E-state index contributed by atoms with van der Waals surface area (Å²) in [5, 5.41) is 10.7. The Morgan fingerprint density at radius 1 is 1.44 bits per heavy atom. The van der Waals surface area contributed by atoms with Crippen LogP contribution in [0.3, 0.4) is 0 Å². The van der Waals surface area contributed by atoms with Crippen LogP contribution in [0.5, 0.6) is 0 Å². The molecule has 1 unspecified atom stereocenters. The lowest BCUT2D eigenvalue weighted by atomic mass is 10.1. The highest BCUT2D eigenvalue weighted by Crippen LogP contribution is 2.10. The minimum Gasteiger partial charge on any atom is -0.481 e. The maximum Gasteiger partial charge on any atom is 0.300 e. The molecule has 0 saturated carbocycles. The normalized spacial score (nSPS) is 10.6. The summed E-state index contributed by atoms with van der Waals surface area (Å²) < 4.78 is 0. The number of hydrogen-bond acceptors (Lipinski definition) is 2. The third kappa shape index (κ3) is 7.75. The van der Waals surface area contributed by atoms with Crippen molar-refractivity contribution < 1.29 is 9.90 Å². The number of carboxylic acid groups (broad SMARTS) is 1. The first-order valence-electron chi connectivity index (χ1n) is 4.74. The largest absolute Gasteiger partial charge is 0.481 e. The zero-order valence-electron chi connectivity index (χ0n) is 9.31. The first kappa shape index (κ1) is 14.4. The van der Waals surface area contributed by atoms with Crippen LogP contribution in [0.25, 0.3) is 0 Å². The van der Waals surface area contributed by atoms with E-state index in [0.717, 1.165) is 6.92 Å². The van der Waals surface area contributed by atoms with Gasteiger partial charge < -0.3 is 16.2 Å². The van der Waals surface area contributed by atoms with Crippen LogP contribution in [0.15, 0.2) is 30.3 Å². The van der Waals surface area contributed by atoms with Crippen molar-refractivity contribution in [1.29, 1.82) is 0 Å². The van der Waals surface area contributed by atoms with E-state index in [-0.39, 0.29) is 6.04 Å². The Morgan fingerprint density at radius 2 is 1.88 bits per heavy atom. The first-order chi connectivity index (χ1) is 7.43. The zero-order valence-corrected chi connectivity index (χ0v) is 10.1. The summed E-state index contributed by atoms with van der Waals surface area (Å²) >= 11 is 4.74. The standard InChI is InChI=1S/C9H12N2S.C2H4O2/c1-7(11-9(10)12)8-5-3-2-4-6-8;1-2(3)4/h2-7H,1H3,(H3,10,11,12);1H3,(H,3,4). The maximum absolute atomic E-state index is 9.00. The number of aliphatic carboxylic acids is 1. The molecule has 1 aromatic carbocycles. The fourth-order valence-electron chi connectivity index (χ4n) is 1.04. The summed E-state index contributed by atoms with van der Waals surface area (Å²) in [6.45, 7) is 3.11. The van der Waals surface area contributed by atoms with Gasteiger partial charge in [-0.15, -0.1) is 0 Å². The van der Waals surface area contributed by atoms with E-state index in [0.29, 0.717) is 5.11 Å². The molecule has 0 saturated heterocycles. The summed E-state index contributed by atoms with van der Waals surface area (Å²) in [5.74, 6) is -0.833. The molecule has 0 aliphatic carbocycles. The second-order valence-corrected chi connectivity index (χ2v) is 3.60. The van der Waals surface area contributed by atoms with Gasteiger partial charge >= 0.3 is 0 Å². The fourth-order valence-corrected chi connectivity index (χ4v) is 1.22. The second kappa shape index (κ2) is 7.64. The fraction of sp³-hybridized carbons (Fsp3) is 0.273. The number of benzene rings is 1. The van der Waals surface area contributed by atoms with Crippen LogP contribution in [-0.4, -0.2) is 16.2 Å². The van der Waals surface area contributed by atoms with Crippen molar-refractivity contribution in [3.8, 4) is 0 Å². The molecule has 0 bridgehead atoms. The van der Waals surface area contributed by atoms with Gasteiger partial charge in [-0.25, -0.2) is 0 Å². The van der Waals surface area contributed by atoms with E-state index >= 15 is 0 Å². The molecule has 5 heteroatoms. The number of nitrogens with one attached hydrogen (secondary N) is 1. The van der Waals surface area contributed by atoms with Crippen LogP contribution in [0.4, 0.5) is 0 Å². The molecular weight excluding hydrogens is 224 g/mol. The number of thiocarbonyl (C=S) groups is 1. The van der Waals surface area contributed by atoms with Crippen LogP contribution < -0.4 is 11.1 Å². The average molecular weight is 240 g/mol. The van der Waals surface area contributed by atoms with E-state index in [1.807, 2.05) is 37.3 Å². The van der Waals surface area contributed by atoms with E-state index in [2.05, 4.69) is 5.32 Å². The van der Waals surface area contributed by atoms with Gasteiger partial charge in [0.25, 0.3) is 5.97 Å². The monoisotopic (exact) mass is 240 g/mol. The summed E-state index contributed by atoms with van der Waals surface area (Å²) in [4.78, 5) is 9.00. The third-order valence-electron chi connectivity index (χ3n) is 1.66. The minimum atomic E-state index is -0.833. The smallest absolute Gasteiger partial charge is 0.300 e. The average Bonchev–Trinajstić information content (AvgIpc) is 2.17. The van der Waals surface area contributed by atoms with Gasteiger partial charge in [-0.3, -0.25) is 4.79 Å². The predicted molar refractivity (Wildman–Crippen MR) is 68.1 cm³/mol. The highest BCUT2D eigenvalue weighted by Gasteiger charge is 2.02. The van der Waals surface area contributed by atoms with Crippen molar-refractivity contribution in [1.82, 2.24) is 5.32 Å². The Hall–Kier alpha value is -1.62. The van der Waals surface area contributed by atoms with Gasteiger partial charge in [-0.2, -0.15) is 0 Å². The van der Waals surface area contributed by atoms with Gasteiger partial charge in [0.05, 0.1) is 6.04 Å². The Balaban J connectivity index is 0.000000487. The first-order valence-corrected chi connectivity index (χ1v) is 5.14. The SMILES string of the molecule is CC(=O)O.CC(NC(N)=S)c1ccccc1. The molecule has 1 aromatic rings. The van der Waals surface area contributed by atoms with Crippen molar-refractivity contribution in [2.45, 2.75) is 19.9 Å². The third-order valence-corrected chi connectivity index (χ3v) is 1.78. The van der Waals surface area contributed by atoms with E-state index in [1.54, 1.807) is 0 Å². The molecule has 0 aromatic heterocycles. The van der Waals surface area contributed by atoms with Gasteiger partial charge in [0, 0.05) is 6.92 Å². The molecule has 0 heterocycles. The number of carbonyl (C=O) groups is 1. The van der Waals surface area contributed by atoms with Crippen LogP contribution in [0.2, 0.25) is 0 Å². The molecule has 0 amide bonds. The topological polar surface area (TPSA) is 75.3 Å². The quantitative estimate of drug-likeness (QED) is 0.686. The Labute approximate surface area is 100 Å². The van der Waals surface area contributed by atoms with Crippen molar-refractivity contribution in [2.24, 2.45) is 5.73 Å². The van der Waals surface area contributed by atoms with Crippen LogP contribution in [0, 0.1) is 0 Å². The number of hydrogen-bond donors (Lipinski definition) is 3. The lowest BCUT2D eigenvalue weighted by molar-refractivity contribution is -0.134. The molecule has 1 rings (SSSR count). The van der Waals surface area contributed by atoms with E-state index in [9.17, 15) is 0 Å². The summed E-state index contributed by atoms with van der Waals surface area (Å²) in [6, 6.07) is 10.2. The van der Waals surface area contributed by atoms with Crippen molar-refractivity contribution in [3.05, 3.63) is 35.9 Å². The highest BCUT2D eigenvalue weighted by atomic mass is 32.1. The van der Waals surface area contributed by atoms with Crippen LogP contribution in [0.1, 0.15) is 25.5 Å². The lowest BCUT2D eigenvalue weighted by Crippen LogP contribution is -2.31. The number of nitrogens with two attached hydrogens (primary N) is 1. The van der Waals surface area contributed by atoms with Gasteiger partial charge in [0.15, 0.2) is 5.11 Å². The van der Waals surface area contributed by atoms with Crippen molar-refractivity contribution >= 4 is 23.3 Å². The predicted octanol–water partition coefficient (Wildman–Crippen LogP) is 1.67. The molecule has 0 aliphatic rings. The Morgan fingerprint density at radius 3 is 2.25 bits per heavy atom. The summed E-state index contributed by atoms with van der Waals surface area (Å²) in [6.07, 6.45) is 0.